The average molecular weight is 352 g/mol. The molecule has 0 radical (unpaired) electrons. The van der Waals surface area contributed by atoms with Crippen molar-refractivity contribution in [2.45, 2.75) is 99.2 Å². The molecule has 1 heterocycles. The molecule has 1 aliphatic heterocycles. The summed E-state index contributed by atoms with van der Waals surface area (Å²) in [6, 6.07) is 0. The zero-order valence-corrected chi connectivity index (χ0v) is 16.0. The molecule has 1 aliphatic rings. The number of Topliss-reactive ketones (excluding diaryl/α,β-unsaturated/α-hetero) is 1. The van der Waals surface area contributed by atoms with Gasteiger partial charge in [0, 0.05) is 19.6 Å². The van der Waals surface area contributed by atoms with E-state index < -0.39 is 0 Å². The maximum atomic E-state index is 10.0. The van der Waals surface area contributed by atoms with Crippen LogP contribution in [0.4, 0.5) is 0 Å². The van der Waals surface area contributed by atoms with Crippen LogP contribution in [-0.4, -0.2) is 48.0 Å². The smallest absolute Gasteiger partial charge is 0.129 e. The molecule has 0 bridgehead atoms. The molecule has 150 valence electrons. The lowest BCUT2D eigenvalue weighted by atomic mass is 10.2. The predicted molar refractivity (Wildman–Crippen MR) is 104 cm³/mol. The number of ketones is 1. The molecule has 2 unspecified atom stereocenters. The summed E-state index contributed by atoms with van der Waals surface area (Å²) in [5, 5.41) is 17.0. The highest BCUT2D eigenvalue weighted by Gasteiger charge is 1.94. The fraction of sp³-hybridized carbons (Fsp3) is 0.947. The van der Waals surface area contributed by atoms with Gasteiger partial charge in [-0.05, 0) is 59.4 Å². The number of nitrogens with two attached hydrogens (primary N) is 1. The van der Waals surface area contributed by atoms with Crippen molar-refractivity contribution in [1.29, 1.82) is 0 Å². The van der Waals surface area contributed by atoms with Crippen LogP contribution in [0.5, 0.6) is 0 Å². The Hall–Kier alpha value is -0.490. The second-order valence-corrected chi connectivity index (χ2v) is 5.84. The van der Waals surface area contributed by atoms with E-state index in [9.17, 15) is 4.79 Å². The Morgan fingerprint density at radius 2 is 1.50 bits per heavy atom. The quantitative estimate of drug-likeness (QED) is 0.678. The van der Waals surface area contributed by atoms with Gasteiger partial charge in [0.05, 0.1) is 12.2 Å². The van der Waals surface area contributed by atoms with E-state index >= 15 is 0 Å². The van der Waals surface area contributed by atoms with E-state index in [4.69, 9.17) is 20.7 Å². The monoisotopic (exact) mass is 351 g/mol. The van der Waals surface area contributed by atoms with Crippen LogP contribution >= 0.6 is 0 Å². The first kappa shape index (κ1) is 31.3. The van der Waals surface area contributed by atoms with Gasteiger partial charge in [-0.1, -0.05) is 27.7 Å². The van der Waals surface area contributed by atoms with Crippen molar-refractivity contribution in [3.63, 3.8) is 0 Å². The summed E-state index contributed by atoms with van der Waals surface area (Å²) in [6.45, 7) is 11.8. The van der Waals surface area contributed by atoms with E-state index in [1.54, 1.807) is 13.8 Å². The second kappa shape index (κ2) is 27.4. The number of aliphatic hydroxyl groups excluding tert-OH is 2. The van der Waals surface area contributed by atoms with Gasteiger partial charge in [0.25, 0.3) is 0 Å². The Kier molecular flexibility index (Phi) is 35.7. The van der Waals surface area contributed by atoms with Crippen LogP contribution in [0.1, 0.15) is 87.0 Å². The summed E-state index contributed by atoms with van der Waals surface area (Å²) in [5.74, 6) is 0.289. The summed E-state index contributed by atoms with van der Waals surface area (Å²) in [4.78, 5) is 10.0. The molecule has 0 aromatic carbocycles. The van der Waals surface area contributed by atoms with Gasteiger partial charge in [0.15, 0.2) is 0 Å². The summed E-state index contributed by atoms with van der Waals surface area (Å²) in [6.07, 6.45) is 6.66. The number of carbonyl (C=O) groups excluding carboxylic acids is 1. The van der Waals surface area contributed by atoms with Gasteiger partial charge in [-0.2, -0.15) is 0 Å². The van der Waals surface area contributed by atoms with Crippen LogP contribution in [0.2, 0.25) is 0 Å². The highest BCUT2D eigenvalue weighted by Crippen LogP contribution is 1.98. The predicted octanol–water partition coefficient (Wildman–Crippen LogP) is 3.69. The van der Waals surface area contributed by atoms with E-state index in [-0.39, 0.29) is 25.4 Å². The van der Waals surface area contributed by atoms with Crippen molar-refractivity contribution in [2.24, 2.45) is 5.73 Å². The number of ether oxygens (including phenoxy) is 1. The van der Waals surface area contributed by atoms with Gasteiger partial charge in [-0.3, -0.25) is 0 Å². The molecule has 0 aliphatic carbocycles. The normalized spacial score (nSPS) is 14.3. The maximum absolute atomic E-state index is 10.0. The Bertz CT molecular complexity index is 200. The molecule has 0 aromatic heterocycles. The van der Waals surface area contributed by atoms with Crippen molar-refractivity contribution < 1.29 is 19.7 Å². The van der Waals surface area contributed by atoms with Crippen molar-refractivity contribution in [3.05, 3.63) is 0 Å². The molecule has 2 atom stereocenters. The minimum absolute atomic E-state index is 0. The minimum atomic E-state index is -0.227. The summed E-state index contributed by atoms with van der Waals surface area (Å²) >= 11 is 0. The molecule has 5 nitrogen and oxygen atoms in total. The highest BCUT2D eigenvalue weighted by atomic mass is 16.5. The average Bonchev–Trinajstić information content (AvgIpc) is 2.98. The lowest BCUT2D eigenvalue weighted by Crippen LogP contribution is -2.08. The second-order valence-electron chi connectivity index (χ2n) is 5.84. The first-order chi connectivity index (χ1) is 10.8. The van der Waals surface area contributed by atoms with Gasteiger partial charge >= 0.3 is 0 Å². The molecule has 5 heteroatoms. The molecular weight excluding hydrogens is 306 g/mol. The SMILES string of the molecule is C.C1CCOC1.CC(O)CCN.CCCC(C)=O.CCCC(C)O. The summed E-state index contributed by atoms with van der Waals surface area (Å²) in [5.41, 5.74) is 5.07. The molecule has 1 saturated heterocycles. The Balaban J connectivity index is -0.000000110. The first-order valence-electron chi connectivity index (χ1n) is 8.95. The number of carbonyl (C=O) groups is 1. The lowest BCUT2D eigenvalue weighted by molar-refractivity contribution is -0.117. The van der Waals surface area contributed by atoms with E-state index in [1.165, 1.54) is 12.8 Å². The van der Waals surface area contributed by atoms with Gasteiger partial charge in [0.2, 0.25) is 0 Å². The number of hydrogen-bond acceptors (Lipinski definition) is 5. The Labute approximate surface area is 151 Å². The molecule has 0 saturated carbocycles. The summed E-state index contributed by atoms with van der Waals surface area (Å²) in [7, 11) is 0. The van der Waals surface area contributed by atoms with Crippen LogP contribution in [0, 0.1) is 0 Å². The van der Waals surface area contributed by atoms with Gasteiger partial charge in [0.1, 0.15) is 5.78 Å². The van der Waals surface area contributed by atoms with Gasteiger partial charge < -0.3 is 25.5 Å². The van der Waals surface area contributed by atoms with E-state index in [0.29, 0.717) is 13.0 Å². The number of rotatable bonds is 6. The fourth-order valence-corrected chi connectivity index (χ4v) is 1.52. The van der Waals surface area contributed by atoms with Crippen LogP contribution in [0.25, 0.3) is 0 Å². The standard InChI is InChI=1S/C5H12O.C5H10O.C4H11NO.C4H8O.CH4/c2*1-3-4-5(2)6;1-4(6)2-3-5;1-2-4-5-3-1;/h5-6H,3-4H2,1-2H3;3-4H2,1-2H3;4,6H,2-3,5H2,1H3;1-4H2;1H4. The maximum Gasteiger partial charge on any atom is 0.129 e. The lowest BCUT2D eigenvalue weighted by Gasteiger charge is -1.95. The molecule has 0 amide bonds. The number of aliphatic hydroxyl groups is 2. The van der Waals surface area contributed by atoms with E-state index in [0.717, 1.165) is 38.9 Å². The fourth-order valence-electron chi connectivity index (χ4n) is 1.52. The third-order valence-corrected chi connectivity index (χ3v) is 2.72. The molecule has 4 N–H and O–H groups in total. The van der Waals surface area contributed by atoms with Crippen molar-refractivity contribution in [1.82, 2.24) is 0 Å². The number of hydrogen-bond donors (Lipinski definition) is 3. The summed E-state index contributed by atoms with van der Waals surface area (Å²) < 4.78 is 4.94. The third kappa shape index (κ3) is 49.6. The minimum Gasteiger partial charge on any atom is -0.393 e. The molecule has 0 aromatic rings. The highest BCUT2D eigenvalue weighted by molar-refractivity contribution is 5.75. The first-order valence-corrected chi connectivity index (χ1v) is 8.95. The zero-order valence-electron chi connectivity index (χ0n) is 16.0. The van der Waals surface area contributed by atoms with Crippen molar-refractivity contribution in [2.75, 3.05) is 19.8 Å². The van der Waals surface area contributed by atoms with E-state index in [1.807, 2.05) is 13.8 Å². The Morgan fingerprint density at radius 1 is 1.04 bits per heavy atom. The van der Waals surface area contributed by atoms with E-state index in [2.05, 4.69) is 6.92 Å². The third-order valence-electron chi connectivity index (χ3n) is 2.72. The molecule has 0 spiro atoms. The van der Waals surface area contributed by atoms with Crippen molar-refractivity contribution >= 4 is 5.78 Å². The molecule has 1 fully saturated rings. The zero-order chi connectivity index (χ0) is 18.5. The molecule has 1 rings (SSSR count). The van der Waals surface area contributed by atoms with Crippen LogP contribution < -0.4 is 5.73 Å². The van der Waals surface area contributed by atoms with Crippen LogP contribution in [0.15, 0.2) is 0 Å². The molecule has 24 heavy (non-hydrogen) atoms. The molecular formula is C19H45NO4. The topological polar surface area (TPSA) is 92.8 Å². The van der Waals surface area contributed by atoms with Crippen LogP contribution in [-0.2, 0) is 9.53 Å². The van der Waals surface area contributed by atoms with Crippen LogP contribution in [0.3, 0.4) is 0 Å². The van der Waals surface area contributed by atoms with Gasteiger partial charge in [-0.25, -0.2) is 0 Å². The Morgan fingerprint density at radius 3 is 1.54 bits per heavy atom. The van der Waals surface area contributed by atoms with Gasteiger partial charge in [-0.15, -0.1) is 0 Å². The largest absolute Gasteiger partial charge is 0.393 e. The van der Waals surface area contributed by atoms with Crippen molar-refractivity contribution in [3.8, 4) is 0 Å².